The van der Waals surface area contributed by atoms with E-state index in [1.54, 1.807) is 36.3 Å². The topological polar surface area (TPSA) is 67.4 Å². The standard InChI is InChI=1S/C22H16FN5/c1-15-25-11-17(12-26-15)21-7-6-16(10-22(21)23)19-4-2-3-5-20(19)18-13-27-28(14-18)9-8-24/h2-7,10-14H,9H2,1H3. The van der Waals surface area contributed by atoms with E-state index in [1.807, 2.05) is 36.5 Å². The summed E-state index contributed by atoms with van der Waals surface area (Å²) in [6, 6.07) is 15.0. The fraction of sp³-hybridized carbons (Fsp3) is 0.0909. The number of benzene rings is 2. The van der Waals surface area contributed by atoms with Gasteiger partial charge in [0.2, 0.25) is 0 Å². The van der Waals surface area contributed by atoms with Crippen molar-refractivity contribution in [2.24, 2.45) is 0 Å². The smallest absolute Gasteiger partial charge is 0.131 e. The van der Waals surface area contributed by atoms with E-state index in [9.17, 15) is 4.39 Å². The van der Waals surface area contributed by atoms with Crippen molar-refractivity contribution in [2.75, 3.05) is 0 Å². The van der Waals surface area contributed by atoms with Gasteiger partial charge in [-0.2, -0.15) is 10.4 Å². The molecule has 0 bridgehead atoms. The zero-order chi connectivity index (χ0) is 19.5. The summed E-state index contributed by atoms with van der Waals surface area (Å²) >= 11 is 0. The van der Waals surface area contributed by atoms with Gasteiger partial charge in [0.05, 0.1) is 12.3 Å². The Balaban J connectivity index is 1.75. The molecule has 136 valence electrons. The van der Waals surface area contributed by atoms with Crippen molar-refractivity contribution < 1.29 is 4.39 Å². The third-order valence-corrected chi connectivity index (χ3v) is 4.48. The zero-order valence-corrected chi connectivity index (χ0v) is 15.2. The third kappa shape index (κ3) is 3.38. The zero-order valence-electron chi connectivity index (χ0n) is 15.2. The van der Waals surface area contributed by atoms with E-state index in [2.05, 4.69) is 21.1 Å². The first-order chi connectivity index (χ1) is 13.7. The Kier molecular flexibility index (Phi) is 4.65. The molecule has 5 nitrogen and oxygen atoms in total. The molecule has 4 rings (SSSR count). The van der Waals surface area contributed by atoms with Crippen LogP contribution in [0.2, 0.25) is 0 Å². The lowest BCUT2D eigenvalue weighted by Crippen LogP contribution is -1.94. The summed E-state index contributed by atoms with van der Waals surface area (Å²) in [5.74, 6) is 0.312. The van der Waals surface area contributed by atoms with Crippen molar-refractivity contribution in [1.82, 2.24) is 19.7 Å². The van der Waals surface area contributed by atoms with Gasteiger partial charge in [0.1, 0.15) is 18.2 Å². The average molecular weight is 369 g/mol. The van der Waals surface area contributed by atoms with Gasteiger partial charge in [0, 0.05) is 35.3 Å². The second-order valence-corrected chi connectivity index (χ2v) is 6.34. The molecule has 0 atom stereocenters. The van der Waals surface area contributed by atoms with Crippen LogP contribution in [0.1, 0.15) is 5.82 Å². The number of nitrogens with zero attached hydrogens (tertiary/aromatic N) is 5. The van der Waals surface area contributed by atoms with Gasteiger partial charge >= 0.3 is 0 Å². The molecule has 0 saturated heterocycles. The lowest BCUT2D eigenvalue weighted by Gasteiger charge is -2.10. The molecule has 2 aromatic heterocycles. The predicted octanol–water partition coefficient (Wildman–Crippen LogP) is 4.65. The molecular weight excluding hydrogens is 353 g/mol. The molecule has 0 saturated carbocycles. The maximum absolute atomic E-state index is 14.9. The Morgan fingerprint density at radius 2 is 1.64 bits per heavy atom. The summed E-state index contributed by atoms with van der Waals surface area (Å²) in [6.07, 6.45) is 6.77. The molecule has 4 aromatic rings. The van der Waals surface area contributed by atoms with Crippen molar-refractivity contribution in [3.05, 3.63) is 78.9 Å². The van der Waals surface area contributed by atoms with Crippen LogP contribution in [0.15, 0.2) is 67.3 Å². The Morgan fingerprint density at radius 1 is 0.929 bits per heavy atom. The van der Waals surface area contributed by atoms with Crippen LogP contribution in [0.5, 0.6) is 0 Å². The van der Waals surface area contributed by atoms with Crippen molar-refractivity contribution in [3.63, 3.8) is 0 Å². The summed E-state index contributed by atoms with van der Waals surface area (Å²) in [5.41, 5.74) is 4.56. The summed E-state index contributed by atoms with van der Waals surface area (Å²) in [4.78, 5) is 8.28. The fourth-order valence-corrected chi connectivity index (χ4v) is 3.10. The molecule has 0 aliphatic rings. The Hall–Kier alpha value is -3.85. The van der Waals surface area contributed by atoms with E-state index in [0.29, 0.717) is 17.0 Å². The highest BCUT2D eigenvalue weighted by Gasteiger charge is 2.12. The van der Waals surface area contributed by atoms with E-state index in [1.165, 1.54) is 6.07 Å². The Labute approximate surface area is 161 Å². The average Bonchev–Trinajstić information content (AvgIpc) is 3.18. The summed E-state index contributed by atoms with van der Waals surface area (Å²) < 4.78 is 16.4. The van der Waals surface area contributed by atoms with Crippen LogP contribution in [-0.4, -0.2) is 19.7 Å². The van der Waals surface area contributed by atoms with Crippen LogP contribution in [0.25, 0.3) is 33.4 Å². The first-order valence-corrected chi connectivity index (χ1v) is 8.73. The van der Waals surface area contributed by atoms with Crippen molar-refractivity contribution in [2.45, 2.75) is 13.5 Å². The number of rotatable bonds is 4. The van der Waals surface area contributed by atoms with Crippen LogP contribution < -0.4 is 0 Å². The number of nitriles is 1. The van der Waals surface area contributed by atoms with E-state index in [-0.39, 0.29) is 12.4 Å². The van der Waals surface area contributed by atoms with E-state index in [0.717, 1.165) is 22.3 Å². The highest BCUT2D eigenvalue weighted by atomic mass is 19.1. The largest absolute Gasteiger partial charge is 0.258 e. The van der Waals surface area contributed by atoms with Crippen LogP contribution in [0.3, 0.4) is 0 Å². The molecule has 6 heteroatoms. The molecule has 0 amide bonds. The van der Waals surface area contributed by atoms with Crippen molar-refractivity contribution >= 4 is 0 Å². The van der Waals surface area contributed by atoms with Gasteiger partial charge in [-0.15, -0.1) is 0 Å². The molecule has 0 aliphatic heterocycles. The van der Waals surface area contributed by atoms with Gasteiger partial charge in [0.25, 0.3) is 0 Å². The molecule has 0 unspecified atom stereocenters. The molecule has 0 fully saturated rings. The number of aromatic nitrogens is 4. The number of hydrogen-bond acceptors (Lipinski definition) is 4. The Bertz CT molecular complexity index is 1170. The van der Waals surface area contributed by atoms with Gasteiger partial charge < -0.3 is 0 Å². The lowest BCUT2D eigenvalue weighted by molar-refractivity contribution is 0.631. The minimum atomic E-state index is -0.333. The predicted molar refractivity (Wildman–Crippen MR) is 104 cm³/mol. The van der Waals surface area contributed by atoms with Crippen LogP contribution in [-0.2, 0) is 6.54 Å². The van der Waals surface area contributed by atoms with Gasteiger partial charge in [-0.3, -0.25) is 4.68 Å². The van der Waals surface area contributed by atoms with Crippen LogP contribution in [0, 0.1) is 24.1 Å². The van der Waals surface area contributed by atoms with Gasteiger partial charge in [-0.1, -0.05) is 36.4 Å². The highest BCUT2D eigenvalue weighted by molar-refractivity contribution is 5.84. The minimum Gasteiger partial charge on any atom is -0.258 e. The van der Waals surface area contributed by atoms with Crippen molar-refractivity contribution in [3.8, 4) is 39.4 Å². The van der Waals surface area contributed by atoms with E-state index >= 15 is 0 Å². The SMILES string of the molecule is Cc1ncc(-c2ccc(-c3ccccc3-c3cnn(CC#N)c3)cc2F)cn1. The molecule has 0 N–H and O–H groups in total. The maximum Gasteiger partial charge on any atom is 0.131 e. The molecule has 0 radical (unpaired) electrons. The summed E-state index contributed by atoms with van der Waals surface area (Å²) in [5, 5.41) is 13.0. The quantitative estimate of drug-likeness (QED) is 0.525. The molecule has 0 aliphatic carbocycles. The van der Waals surface area contributed by atoms with Gasteiger partial charge in [-0.25, -0.2) is 14.4 Å². The number of aryl methyl sites for hydroxylation is 1. The summed E-state index contributed by atoms with van der Waals surface area (Å²) in [7, 11) is 0. The van der Waals surface area contributed by atoms with E-state index < -0.39 is 0 Å². The van der Waals surface area contributed by atoms with Gasteiger partial charge in [0.15, 0.2) is 0 Å². The third-order valence-electron chi connectivity index (χ3n) is 4.48. The molecule has 2 aromatic carbocycles. The number of halogens is 1. The van der Waals surface area contributed by atoms with Crippen LogP contribution in [0.4, 0.5) is 4.39 Å². The highest BCUT2D eigenvalue weighted by Crippen LogP contribution is 2.34. The second-order valence-electron chi connectivity index (χ2n) is 6.34. The molecular formula is C22H16FN5. The molecule has 28 heavy (non-hydrogen) atoms. The van der Waals surface area contributed by atoms with Crippen molar-refractivity contribution in [1.29, 1.82) is 5.26 Å². The lowest BCUT2D eigenvalue weighted by atomic mass is 9.95. The minimum absolute atomic E-state index is 0.185. The van der Waals surface area contributed by atoms with E-state index in [4.69, 9.17) is 5.26 Å². The van der Waals surface area contributed by atoms with Gasteiger partial charge in [-0.05, 0) is 29.7 Å². The maximum atomic E-state index is 14.9. The first kappa shape index (κ1) is 17.6. The van der Waals surface area contributed by atoms with Crippen LogP contribution >= 0.6 is 0 Å². The number of hydrogen-bond donors (Lipinski definition) is 0. The monoisotopic (exact) mass is 369 g/mol. The Morgan fingerprint density at radius 3 is 2.32 bits per heavy atom. The molecule has 0 spiro atoms. The molecule has 2 heterocycles. The summed E-state index contributed by atoms with van der Waals surface area (Å²) in [6.45, 7) is 1.98. The fourth-order valence-electron chi connectivity index (χ4n) is 3.10. The first-order valence-electron chi connectivity index (χ1n) is 8.73. The second kappa shape index (κ2) is 7.41. The normalized spacial score (nSPS) is 10.6.